The molecule has 0 saturated carbocycles. The Morgan fingerprint density at radius 1 is 0.774 bits per heavy atom. The minimum Gasteiger partial charge on any atom is -0.495 e. The standard InChI is InChI=1S/C23H18N2O5S/c1-29-19-9-5-3-7-17(19)24-21(26)16(13-15-11-12-31-14-15)22(27)25(23(24)28)18-8-4-6-10-20(18)30-2/h3-14H,1-2H3. The number of benzene rings is 2. The number of imide groups is 2. The second-order valence-electron chi connectivity index (χ2n) is 6.52. The first-order valence-electron chi connectivity index (χ1n) is 9.29. The Balaban J connectivity index is 1.93. The van der Waals surface area contributed by atoms with E-state index < -0.39 is 17.8 Å². The number of barbiturate groups is 1. The highest BCUT2D eigenvalue weighted by molar-refractivity contribution is 7.08. The zero-order valence-electron chi connectivity index (χ0n) is 16.8. The van der Waals surface area contributed by atoms with Crippen molar-refractivity contribution in [1.29, 1.82) is 0 Å². The summed E-state index contributed by atoms with van der Waals surface area (Å²) in [5, 5.41) is 3.65. The maximum absolute atomic E-state index is 13.5. The highest BCUT2D eigenvalue weighted by Crippen LogP contribution is 2.37. The molecule has 1 fully saturated rings. The van der Waals surface area contributed by atoms with E-state index in [1.807, 2.05) is 10.8 Å². The molecule has 4 amide bonds. The van der Waals surface area contributed by atoms with Crippen LogP contribution in [0, 0.1) is 0 Å². The summed E-state index contributed by atoms with van der Waals surface area (Å²) in [7, 11) is 2.89. The minimum absolute atomic E-state index is 0.144. The Bertz CT molecular complexity index is 1110. The average molecular weight is 434 g/mol. The Labute approximate surface area is 182 Å². The van der Waals surface area contributed by atoms with Gasteiger partial charge >= 0.3 is 6.03 Å². The third kappa shape index (κ3) is 3.57. The van der Waals surface area contributed by atoms with E-state index in [1.165, 1.54) is 31.6 Å². The smallest absolute Gasteiger partial charge is 0.343 e. The summed E-state index contributed by atoms with van der Waals surface area (Å²) in [5.74, 6) is -0.796. The number of para-hydroxylation sites is 4. The van der Waals surface area contributed by atoms with Gasteiger partial charge in [-0.2, -0.15) is 11.3 Å². The summed E-state index contributed by atoms with van der Waals surface area (Å²) in [6.07, 6.45) is 1.48. The van der Waals surface area contributed by atoms with Crippen molar-refractivity contribution in [1.82, 2.24) is 0 Å². The number of rotatable bonds is 5. The molecular formula is C23H18N2O5S. The topological polar surface area (TPSA) is 76.2 Å². The minimum atomic E-state index is -0.813. The van der Waals surface area contributed by atoms with Gasteiger partial charge < -0.3 is 9.47 Å². The van der Waals surface area contributed by atoms with Crippen LogP contribution in [-0.2, 0) is 9.59 Å². The molecule has 0 bridgehead atoms. The Morgan fingerprint density at radius 3 is 1.74 bits per heavy atom. The molecule has 0 unspecified atom stereocenters. The third-order valence-corrected chi connectivity index (χ3v) is 5.46. The molecule has 0 atom stereocenters. The number of urea groups is 1. The van der Waals surface area contributed by atoms with E-state index in [0.29, 0.717) is 17.1 Å². The quantitative estimate of drug-likeness (QED) is 0.441. The number of thiophene rings is 1. The maximum atomic E-state index is 13.5. The van der Waals surface area contributed by atoms with Crippen molar-refractivity contribution in [2.45, 2.75) is 0 Å². The summed E-state index contributed by atoms with van der Waals surface area (Å²) in [6, 6.07) is 14.3. The maximum Gasteiger partial charge on any atom is 0.343 e. The van der Waals surface area contributed by atoms with E-state index in [2.05, 4.69) is 0 Å². The lowest BCUT2D eigenvalue weighted by molar-refractivity contribution is -0.121. The van der Waals surface area contributed by atoms with Gasteiger partial charge in [0, 0.05) is 0 Å². The van der Waals surface area contributed by atoms with Crippen LogP contribution >= 0.6 is 11.3 Å². The van der Waals surface area contributed by atoms with Crippen LogP contribution in [0.1, 0.15) is 5.56 Å². The molecule has 1 aliphatic heterocycles. The third-order valence-electron chi connectivity index (χ3n) is 4.76. The van der Waals surface area contributed by atoms with E-state index in [4.69, 9.17) is 9.47 Å². The second kappa shape index (κ2) is 8.45. The highest BCUT2D eigenvalue weighted by atomic mass is 32.1. The number of hydrogen-bond donors (Lipinski definition) is 0. The van der Waals surface area contributed by atoms with Crippen molar-refractivity contribution in [3.05, 3.63) is 76.5 Å². The van der Waals surface area contributed by atoms with Gasteiger partial charge in [-0.05, 0) is 52.7 Å². The predicted octanol–water partition coefficient (Wildman–Crippen LogP) is 4.35. The molecule has 7 nitrogen and oxygen atoms in total. The van der Waals surface area contributed by atoms with Gasteiger partial charge in [-0.1, -0.05) is 24.3 Å². The van der Waals surface area contributed by atoms with Gasteiger partial charge in [-0.3, -0.25) is 9.59 Å². The van der Waals surface area contributed by atoms with Crippen LogP contribution in [0.15, 0.2) is 70.9 Å². The Hall–Kier alpha value is -3.91. The van der Waals surface area contributed by atoms with E-state index >= 15 is 0 Å². The fraction of sp³-hybridized carbons (Fsp3) is 0.0870. The van der Waals surface area contributed by atoms with Crippen LogP contribution in [-0.4, -0.2) is 32.1 Å². The molecule has 1 aliphatic rings. The van der Waals surface area contributed by atoms with E-state index in [9.17, 15) is 14.4 Å². The molecule has 31 heavy (non-hydrogen) atoms. The number of carbonyl (C=O) groups excluding carboxylic acids is 3. The molecule has 0 radical (unpaired) electrons. The molecule has 8 heteroatoms. The summed E-state index contributed by atoms with van der Waals surface area (Å²) in [6.45, 7) is 0. The summed E-state index contributed by atoms with van der Waals surface area (Å²) in [5.41, 5.74) is 1.03. The fourth-order valence-corrected chi connectivity index (χ4v) is 3.93. The SMILES string of the molecule is COc1ccccc1N1C(=O)C(=Cc2ccsc2)C(=O)N(c2ccccc2OC)C1=O. The van der Waals surface area contributed by atoms with Gasteiger partial charge in [0.25, 0.3) is 11.8 Å². The lowest BCUT2D eigenvalue weighted by atomic mass is 10.1. The van der Waals surface area contributed by atoms with Gasteiger partial charge in [-0.15, -0.1) is 0 Å². The number of methoxy groups -OCH3 is 2. The van der Waals surface area contributed by atoms with Gasteiger partial charge in [0.2, 0.25) is 0 Å². The Morgan fingerprint density at radius 2 is 1.29 bits per heavy atom. The van der Waals surface area contributed by atoms with Crippen LogP contribution < -0.4 is 19.3 Å². The number of ether oxygens (including phenoxy) is 2. The van der Waals surface area contributed by atoms with Crippen molar-refractivity contribution in [2.75, 3.05) is 24.0 Å². The second-order valence-corrected chi connectivity index (χ2v) is 7.30. The molecule has 1 aromatic heterocycles. The van der Waals surface area contributed by atoms with Crippen LogP contribution in [0.3, 0.4) is 0 Å². The van der Waals surface area contributed by atoms with Gasteiger partial charge in [-0.25, -0.2) is 14.6 Å². The number of anilines is 2. The van der Waals surface area contributed by atoms with Crippen LogP contribution in [0.25, 0.3) is 6.08 Å². The molecular weight excluding hydrogens is 416 g/mol. The predicted molar refractivity (Wildman–Crippen MR) is 119 cm³/mol. The van der Waals surface area contributed by atoms with Crippen LogP contribution in [0.2, 0.25) is 0 Å². The van der Waals surface area contributed by atoms with Gasteiger partial charge in [0.15, 0.2) is 0 Å². The normalized spacial score (nSPS) is 14.1. The number of carbonyl (C=O) groups is 3. The molecule has 0 aliphatic carbocycles. The van der Waals surface area contributed by atoms with Crippen molar-refractivity contribution >= 4 is 46.6 Å². The largest absolute Gasteiger partial charge is 0.495 e. The number of amides is 4. The first-order chi connectivity index (χ1) is 15.1. The van der Waals surface area contributed by atoms with E-state index in [1.54, 1.807) is 54.6 Å². The first-order valence-corrected chi connectivity index (χ1v) is 10.2. The zero-order valence-corrected chi connectivity index (χ0v) is 17.6. The lowest BCUT2D eigenvalue weighted by Gasteiger charge is -2.34. The summed E-state index contributed by atoms with van der Waals surface area (Å²) < 4.78 is 10.7. The average Bonchev–Trinajstić information content (AvgIpc) is 3.31. The highest BCUT2D eigenvalue weighted by Gasteiger charge is 2.45. The van der Waals surface area contributed by atoms with E-state index in [0.717, 1.165) is 9.80 Å². The molecule has 2 heterocycles. The monoisotopic (exact) mass is 434 g/mol. The van der Waals surface area contributed by atoms with Crippen LogP contribution in [0.4, 0.5) is 16.2 Å². The molecule has 0 spiro atoms. The summed E-state index contributed by atoms with van der Waals surface area (Å²) in [4.78, 5) is 42.2. The number of nitrogens with zero attached hydrogens (tertiary/aromatic N) is 2. The van der Waals surface area contributed by atoms with E-state index in [-0.39, 0.29) is 16.9 Å². The first kappa shape index (κ1) is 20.4. The van der Waals surface area contributed by atoms with Crippen LogP contribution in [0.5, 0.6) is 11.5 Å². The molecule has 0 N–H and O–H groups in total. The van der Waals surface area contributed by atoms with Crippen molar-refractivity contribution < 1.29 is 23.9 Å². The zero-order chi connectivity index (χ0) is 22.0. The molecule has 156 valence electrons. The Kier molecular flexibility index (Phi) is 5.55. The van der Waals surface area contributed by atoms with Gasteiger partial charge in [0.05, 0.1) is 25.6 Å². The lowest BCUT2D eigenvalue weighted by Crippen LogP contribution is -2.57. The molecule has 3 aromatic rings. The summed E-state index contributed by atoms with van der Waals surface area (Å²) >= 11 is 1.44. The van der Waals surface area contributed by atoms with Crippen molar-refractivity contribution in [2.24, 2.45) is 0 Å². The van der Waals surface area contributed by atoms with Gasteiger partial charge in [0.1, 0.15) is 17.1 Å². The fourth-order valence-electron chi connectivity index (χ4n) is 3.31. The number of hydrogen-bond acceptors (Lipinski definition) is 6. The molecule has 2 aromatic carbocycles. The van der Waals surface area contributed by atoms with Crippen molar-refractivity contribution in [3.8, 4) is 11.5 Å². The van der Waals surface area contributed by atoms with Crippen molar-refractivity contribution in [3.63, 3.8) is 0 Å². The molecule has 1 saturated heterocycles. The molecule has 4 rings (SSSR count).